The largest absolute Gasteiger partial charge is 0.382 e. The SMILES string of the molecule is CCC(Nc1cccnc1N)c1nccs1. The first-order valence-electron chi connectivity index (χ1n) is 5.17. The van der Waals surface area contributed by atoms with Crippen LogP contribution in [0.25, 0.3) is 0 Å². The van der Waals surface area contributed by atoms with E-state index in [1.54, 1.807) is 17.5 Å². The molecule has 0 aromatic carbocycles. The molecule has 16 heavy (non-hydrogen) atoms. The molecule has 0 aliphatic heterocycles. The van der Waals surface area contributed by atoms with Gasteiger partial charge in [0.15, 0.2) is 0 Å². The molecule has 0 amide bonds. The van der Waals surface area contributed by atoms with Crippen LogP contribution in [0.3, 0.4) is 0 Å². The summed E-state index contributed by atoms with van der Waals surface area (Å²) < 4.78 is 0. The number of pyridine rings is 1. The second kappa shape index (κ2) is 4.94. The van der Waals surface area contributed by atoms with Crippen LogP contribution in [0.5, 0.6) is 0 Å². The molecule has 84 valence electrons. The van der Waals surface area contributed by atoms with Crippen LogP contribution in [-0.4, -0.2) is 9.97 Å². The van der Waals surface area contributed by atoms with Crippen LogP contribution < -0.4 is 11.1 Å². The van der Waals surface area contributed by atoms with E-state index in [1.807, 2.05) is 23.7 Å². The van der Waals surface area contributed by atoms with Gasteiger partial charge in [-0.2, -0.15) is 0 Å². The van der Waals surface area contributed by atoms with E-state index in [0.29, 0.717) is 5.82 Å². The summed E-state index contributed by atoms with van der Waals surface area (Å²) in [6, 6.07) is 4.00. The highest BCUT2D eigenvalue weighted by molar-refractivity contribution is 7.09. The number of hydrogen-bond donors (Lipinski definition) is 2. The molecule has 1 atom stereocenters. The quantitative estimate of drug-likeness (QED) is 0.853. The van der Waals surface area contributed by atoms with E-state index in [4.69, 9.17) is 5.73 Å². The smallest absolute Gasteiger partial charge is 0.146 e. The molecule has 0 spiro atoms. The number of hydrogen-bond acceptors (Lipinski definition) is 5. The maximum atomic E-state index is 5.79. The van der Waals surface area contributed by atoms with Crippen molar-refractivity contribution < 1.29 is 0 Å². The summed E-state index contributed by atoms with van der Waals surface area (Å²) in [6.07, 6.45) is 4.46. The molecule has 1 unspecified atom stereocenters. The lowest BCUT2D eigenvalue weighted by Gasteiger charge is -2.16. The molecule has 2 aromatic heterocycles. The van der Waals surface area contributed by atoms with Crippen molar-refractivity contribution in [3.8, 4) is 0 Å². The van der Waals surface area contributed by atoms with Crippen LogP contribution in [0, 0.1) is 0 Å². The second-order valence-electron chi connectivity index (χ2n) is 3.41. The Kier molecular flexibility index (Phi) is 3.36. The molecule has 0 aliphatic carbocycles. The second-order valence-corrected chi connectivity index (χ2v) is 4.34. The Labute approximate surface area is 98.6 Å². The third-order valence-corrected chi connectivity index (χ3v) is 3.22. The van der Waals surface area contributed by atoms with Crippen molar-refractivity contribution in [3.05, 3.63) is 34.9 Å². The fourth-order valence-electron chi connectivity index (χ4n) is 1.47. The molecule has 0 saturated carbocycles. The van der Waals surface area contributed by atoms with Gasteiger partial charge in [-0.25, -0.2) is 9.97 Å². The number of nitrogens with one attached hydrogen (secondary N) is 1. The first-order valence-corrected chi connectivity index (χ1v) is 6.05. The lowest BCUT2D eigenvalue weighted by atomic mass is 10.2. The van der Waals surface area contributed by atoms with E-state index in [9.17, 15) is 0 Å². The molecule has 0 bridgehead atoms. The van der Waals surface area contributed by atoms with E-state index in [0.717, 1.165) is 17.1 Å². The minimum absolute atomic E-state index is 0.200. The van der Waals surface area contributed by atoms with Gasteiger partial charge in [-0.05, 0) is 18.6 Å². The summed E-state index contributed by atoms with van der Waals surface area (Å²) in [5, 5.41) is 6.41. The number of thiazole rings is 1. The molecular formula is C11H14N4S. The van der Waals surface area contributed by atoms with Gasteiger partial charge >= 0.3 is 0 Å². The summed E-state index contributed by atoms with van der Waals surface area (Å²) in [6.45, 7) is 2.12. The van der Waals surface area contributed by atoms with E-state index in [-0.39, 0.29) is 6.04 Å². The topological polar surface area (TPSA) is 63.8 Å². The summed E-state index contributed by atoms with van der Waals surface area (Å²) in [4.78, 5) is 8.35. The van der Waals surface area contributed by atoms with Gasteiger partial charge in [0, 0.05) is 17.8 Å². The highest BCUT2D eigenvalue weighted by Gasteiger charge is 2.12. The maximum absolute atomic E-state index is 5.79. The predicted molar refractivity (Wildman–Crippen MR) is 67.4 cm³/mol. The third kappa shape index (κ3) is 2.30. The average molecular weight is 234 g/mol. The maximum Gasteiger partial charge on any atom is 0.146 e. The number of aromatic nitrogens is 2. The zero-order chi connectivity index (χ0) is 11.4. The summed E-state index contributed by atoms with van der Waals surface area (Å²) in [5.41, 5.74) is 6.65. The fourth-order valence-corrected chi connectivity index (χ4v) is 2.24. The first-order chi connectivity index (χ1) is 7.81. The fraction of sp³-hybridized carbons (Fsp3) is 0.273. The number of nitrogens with zero attached hydrogens (tertiary/aromatic N) is 2. The van der Waals surface area contributed by atoms with Gasteiger partial charge in [-0.15, -0.1) is 11.3 Å². The van der Waals surface area contributed by atoms with E-state index in [1.165, 1.54) is 0 Å². The van der Waals surface area contributed by atoms with Crippen molar-refractivity contribution in [2.45, 2.75) is 19.4 Å². The van der Waals surface area contributed by atoms with Crippen LogP contribution in [0.15, 0.2) is 29.9 Å². The highest BCUT2D eigenvalue weighted by Crippen LogP contribution is 2.25. The monoisotopic (exact) mass is 234 g/mol. The third-order valence-electron chi connectivity index (χ3n) is 2.33. The minimum Gasteiger partial charge on any atom is -0.382 e. The molecule has 3 N–H and O–H groups in total. The van der Waals surface area contributed by atoms with Gasteiger partial charge in [0.05, 0.1) is 11.7 Å². The zero-order valence-corrected chi connectivity index (χ0v) is 9.87. The molecule has 2 rings (SSSR count). The standard InChI is InChI=1S/C11H14N4S/c1-2-8(11-14-6-7-16-11)15-9-4-3-5-13-10(9)12/h3-8,15H,2H2,1H3,(H2,12,13). The lowest BCUT2D eigenvalue weighted by molar-refractivity contribution is 0.742. The van der Waals surface area contributed by atoms with Crippen molar-refractivity contribution >= 4 is 22.8 Å². The predicted octanol–water partition coefficient (Wildman–Crippen LogP) is 2.68. The number of rotatable bonds is 4. The Morgan fingerprint density at radius 1 is 1.44 bits per heavy atom. The summed E-state index contributed by atoms with van der Waals surface area (Å²) in [7, 11) is 0. The van der Waals surface area contributed by atoms with Crippen molar-refractivity contribution in [2.24, 2.45) is 0 Å². The number of anilines is 2. The molecule has 4 nitrogen and oxygen atoms in total. The molecule has 2 aromatic rings. The van der Waals surface area contributed by atoms with E-state index in [2.05, 4.69) is 22.2 Å². The average Bonchev–Trinajstić information content (AvgIpc) is 2.81. The highest BCUT2D eigenvalue weighted by atomic mass is 32.1. The zero-order valence-electron chi connectivity index (χ0n) is 9.05. The Morgan fingerprint density at radius 2 is 2.31 bits per heavy atom. The molecule has 5 heteroatoms. The normalized spacial score (nSPS) is 12.3. The van der Waals surface area contributed by atoms with E-state index < -0.39 is 0 Å². The lowest BCUT2D eigenvalue weighted by Crippen LogP contribution is -2.11. The molecule has 0 aliphatic rings. The van der Waals surface area contributed by atoms with Gasteiger partial charge in [0.2, 0.25) is 0 Å². The summed E-state index contributed by atoms with van der Waals surface area (Å²) >= 11 is 1.65. The minimum atomic E-state index is 0.200. The number of nitrogen functional groups attached to an aromatic ring is 1. The molecular weight excluding hydrogens is 220 g/mol. The molecule has 0 radical (unpaired) electrons. The van der Waals surface area contributed by atoms with Gasteiger partial charge < -0.3 is 11.1 Å². The van der Waals surface area contributed by atoms with Crippen LogP contribution in [0.4, 0.5) is 11.5 Å². The van der Waals surface area contributed by atoms with Gasteiger partial charge in [0.1, 0.15) is 10.8 Å². The van der Waals surface area contributed by atoms with Crippen LogP contribution >= 0.6 is 11.3 Å². The van der Waals surface area contributed by atoms with Crippen molar-refractivity contribution in [2.75, 3.05) is 11.1 Å². The Hall–Kier alpha value is -1.62. The van der Waals surface area contributed by atoms with Gasteiger partial charge in [0.25, 0.3) is 0 Å². The Morgan fingerprint density at radius 3 is 2.94 bits per heavy atom. The van der Waals surface area contributed by atoms with Crippen LogP contribution in [0.1, 0.15) is 24.4 Å². The van der Waals surface area contributed by atoms with Crippen LogP contribution in [-0.2, 0) is 0 Å². The molecule has 0 saturated heterocycles. The molecule has 0 fully saturated rings. The van der Waals surface area contributed by atoms with Crippen molar-refractivity contribution in [1.82, 2.24) is 9.97 Å². The van der Waals surface area contributed by atoms with Crippen molar-refractivity contribution in [1.29, 1.82) is 0 Å². The molecule has 2 heterocycles. The van der Waals surface area contributed by atoms with Gasteiger partial charge in [-0.1, -0.05) is 6.92 Å². The van der Waals surface area contributed by atoms with E-state index >= 15 is 0 Å². The van der Waals surface area contributed by atoms with Crippen LogP contribution in [0.2, 0.25) is 0 Å². The van der Waals surface area contributed by atoms with Gasteiger partial charge in [-0.3, -0.25) is 0 Å². The number of nitrogens with two attached hydrogens (primary N) is 1. The first kappa shape index (κ1) is 10.9. The Bertz CT molecular complexity index is 441. The summed E-state index contributed by atoms with van der Waals surface area (Å²) in [5.74, 6) is 0.525. The Balaban J connectivity index is 2.17. The van der Waals surface area contributed by atoms with Crippen molar-refractivity contribution in [3.63, 3.8) is 0 Å².